The van der Waals surface area contributed by atoms with E-state index in [1.807, 2.05) is 23.1 Å². The number of carbonyl (C=O) groups excluding carboxylic acids is 1. The van der Waals surface area contributed by atoms with Crippen LogP contribution in [0.3, 0.4) is 0 Å². The van der Waals surface area contributed by atoms with Gasteiger partial charge in [-0.1, -0.05) is 11.6 Å². The largest absolute Gasteiger partial charge is 0.383 e. The van der Waals surface area contributed by atoms with Gasteiger partial charge in [-0.25, -0.2) is 0 Å². The summed E-state index contributed by atoms with van der Waals surface area (Å²) in [6, 6.07) is 6.37. The molecule has 1 aromatic carbocycles. The molecule has 2 heterocycles. The van der Waals surface area contributed by atoms with Gasteiger partial charge in [-0.3, -0.25) is 4.79 Å². The van der Waals surface area contributed by atoms with Gasteiger partial charge in [0, 0.05) is 30.4 Å². The summed E-state index contributed by atoms with van der Waals surface area (Å²) in [5, 5.41) is 0.704. The molecule has 23 heavy (non-hydrogen) atoms. The number of fused-ring (bicyclic) bond motifs is 2. The minimum Gasteiger partial charge on any atom is -0.383 e. The van der Waals surface area contributed by atoms with Gasteiger partial charge in [0.2, 0.25) is 5.91 Å². The molecule has 0 radical (unpaired) electrons. The second-order valence-corrected chi connectivity index (χ2v) is 7.26. The Morgan fingerprint density at radius 2 is 2.00 bits per heavy atom. The Morgan fingerprint density at radius 3 is 2.61 bits per heavy atom. The highest BCUT2D eigenvalue weighted by molar-refractivity contribution is 6.31. The van der Waals surface area contributed by atoms with Crippen LogP contribution >= 0.6 is 11.6 Å². The first-order valence-electron chi connectivity index (χ1n) is 8.34. The molecular formula is C18H25ClN2O2. The van der Waals surface area contributed by atoms with Crippen LogP contribution in [0.25, 0.3) is 0 Å². The number of rotatable bonds is 4. The SMILES string of the molecule is COCCN1C(=O)C2(CCN(C(C)C)CC2)c2cc(Cl)ccc21. The van der Waals surface area contributed by atoms with Crippen LogP contribution in [-0.2, 0) is 14.9 Å². The molecule has 0 N–H and O–H groups in total. The zero-order valence-electron chi connectivity index (χ0n) is 14.1. The van der Waals surface area contributed by atoms with Crippen molar-refractivity contribution in [2.24, 2.45) is 0 Å². The number of nitrogens with zero attached hydrogens (tertiary/aromatic N) is 2. The summed E-state index contributed by atoms with van der Waals surface area (Å²) in [4.78, 5) is 17.6. The highest BCUT2D eigenvalue weighted by Gasteiger charge is 2.52. The third-order valence-corrected chi connectivity index (χ3v) is 5.56. The molecule has 2 aliphatic heterocycles. The fourth-order valence-electron chi connectivity index (χ4n) is 3.92. The number of anilines is 1. The number of halogens is 1. The van der Waals surface area contributed by atoms with Crippen LogP contribution in [0.2, 0.25) is 5.02 Å². The molecule has 1 aromatic rings. The fraction of sp³-hybridized carbons (Fsp3) is 0.611. The standard InChI is InChI=1S/C18H25ClN2O2/c1-13(2)20-8-6-18(7-9-20)15-12-14(19)4-5-16(15)21(17(18)22)10-11-23-3/h4-5,12-13H,6-11H2,1-3H3. The van der Waals surface area contributed by atoms with Gasteiger partial charge in [-0.15, -0.1) is 0 Å². The molecule has 1 spiro atoms. The Kier molecular flexibility index (Phi) is 4.68. The maximum Gasteiger partial charge on any atom is 0.237 e. The van der Waals surface area contributed by atoms with Crippen molar-refractivity contribution in [1.29, 1.82) is 0 Å². The average molecular weight is 337 g/mol. The number of hydrogen-bond donors (Lipinski definition) is 0. The smallest absolute Gasteiger partial charge is 0.237 e. The summed E-state index contributed by atoms with van der Waals surface area (Å²) < 4.78 is 5.19. The van der Waals surface area contributed by atoms with E-state index in [0.717, 1.165) is 37.2 Å². The molecule has 0 aromatic heterocycles. The Balaban J connectivity index is 1.95. The van der Waals surface area contributed by atoms with Gasteiger partial charge >= 0.3 is 0 Å². The lowest BCUT2D eigenvalue weighted by Crippen LogP contribution is -2.50. The molecule has 4 nitrogen and oxygen atoms in total. The van der Waals surface area contributed by atoms with Crippen molar-refractivity contribution in [3.8, 4) is 0 Å². The van der Waals surface area contributed by atoms with Gasteiger partial charge in [0.05, 0.1) is 12.0 Å². The van der Waals surface area contributed by atoms with Crippen LogP contribution in [0.4, 0.5) is 5.69 Å². The van der Waals surface area contributed by atoms with Crippen LogP contribution < -0.4 is 4.90 Å². The van der Waals surface area contributed by atoms with E-state index >= 15 is 0 Å². The lowest BCUT2D eigenvalue weighted by atomic mass is 9.73. The summed E-state index contributed by atoms with van der Waals surface area (Å²) in [6.45, 7) is 7.47. The van der Waals surface area contributed by atoms with Crippen LogP contribution in [0.1, 0.15) is 32.3 Å². The molecule has 0 unspecified atom stereocenters. The Bertz CT molecular complexity index is 595. The predicted molar refractivity (Wildman–Crippen MR) is 93.3 cm³/mol. The number of piperidine rings is 1. The highest BCUT2D eigenvalue weighted by Crippen LogP contribution is 2.48. The summed E-state index contributed by atoms with van der Waals surface area (Å²) >= 11 is 6.24. The van der Waals surface area contributed by atoms with Crippen molar-refractivity contribution in [2.75, 3.05) is 38.3 Å². The van der Waals surface area contributed by atoms with Crippen molar-refractivity contribution in [1.82, 2.24) is 4.90 Å². The normalized spacial score (nSPS) is 20.6. The number of hydrogen-bond acceptors (Lipinski definition) is 3. The number of carbonyl (C=O) groups is 1. The third kappa shape index (κ3) is 2.77. The molecular weight excluding hydrogens is 312 g/mol. The molecule has 126 valence electrons. The second kappa shape index (κ2) is 6.42. The lowest BCUT2D eigenvalue weighted by Gasteiger charge is -2.40. The first kappa shape index (κ1) is 16.7. The minimum atomic E-state index is -0.403. The van der Waals surface area contributed by atoms with Gasteiger partial charge in [-0.2, -0.15) is 0 Å². The van der Waals surface area contributed by atoms with Gasteiger partial charge in [0.1, 0.15) is 0 Å². The van der Waals surface area contributed by atoms with E-state index in [1.54, 1.807) is 7.11 Å². The summed E-state index contributed by atoms with van der Waals surface area (Å²) in [5.74, 6) is 0.218. The number of benzene rings is 1. The Morgan fingerprint density at radius 1 is 1.30 bits per heavy atom. The molecule has 1 fully saturated rings. The third-order valence-electron chi connectivity index (χ3n) is 5.32. The van der Waals surface area contributed by atoms with Gasteiger partial charge < -0.3 is 14.5 Å². The van der Waals surface area contributed by atoms with E-state index < -0.39 is 5.41 Å². The minimum absolute atomic E-state index is 0.218. The fourth-order valence-corrected chi connectivity index (χ4v) is 4.09. The summed E-state index contributed by atoms with van der Waals surface area (Å²) in [7, 11) is 1.67. The van der Waals surface area contributed by atoms with Gasteiger partial charge in [0.25, 0.3) is 0 Å². The van der Waals surface area contributed by atoms with E-state index in [9.17, 15) is 4.79 Å². The van der Waals surface area contributed by atoms with Gasteiger partial charge in [0.15, 0.2) is 0 Å². The molecule has 3 rings (SSSR count). The van der Waals surface area contributed by atoms with E-state index in [1.165, 1.54) is 0 Å². The van der Waals surface area contributed by atoms with Crippen molar-refractivity contribution in [2.45, 2.75) is 38.1 Å². The molecule has 0 atom stereocenters. The molecule has 5 heteroatoms. The predicted octanol–water partition coefficient (Wildman–Crippen LogP) is 3.08. The quantitative estimate of drug-likeness (QED) is 0.847. The highest BCUT2D eigenvalue weighted by atomic mass is 35.5. The number of likely N-dealkylation sites (tertiary alicyclic amines) is 1. The average Bonchev–Trinajstić information content (AvgIpc) is 2.75. The van der Waals surface area contributed by atoms with Crippen LogP contribution in [-0.4, -0.2) is 50.2 Å². The zero-order chi connectivity index (χ0) is 16.6. The first-order chi connectivity index (χ1) is 11.0. The first-order valence-corrected chi connectivity index (χ1v) is 8.72. The van der Waals surface area contributed by atoms with Crippen LogP contribution in [0.15, 0.2) is 18.2 Å². The Labute approximate surface area is 143 Å². The lowest BCUT2D eigenvalue weighted by molar-refractivity contribution is -0.125. The van der Waals surface area contributed by atoms with Crippen molar-refractivity contribution in [3.05, 3.63) is 28.8 Å². The summed E-state index contributed by atoms with van der Waals surface area (Å²) in [6.07, 6.45) is 1.72. The van der Waals surface area contributed by atoms with Crippen molar-refractivity contribution in [3.63, 3.8) is 0 Å². The Hall–Kier alpha value is -1.10. The molecule has 0 aliphatic carbocycles. The maximum atomic E-state index is 13.2. The maximum absolute atomic E-state index is 13.2. The van der Waals surface area contributed by atoms with Crippen molar-refractivity contribution >= 4 is 23.2 Å². The molecule has 2 aliphatic rings. The monoisotopic (exact) mass is 336 g/mol. The number of methoxy groups -OCH3 is 1. The topological polar surface area (TPSA) is 32.8 Å². The number of amides is 1. The van der Waals surface area contributed by atoms with E-state index in [0.29, 0.717) is 24.2 Å². The van der Waals surface area contributed by atoms with E-state index in [-0.39, 0.29) is 5.91 Å². The van der Waals surface area contributed by atoms with Crippen molar-refractivity contribution < 1.29 is 9.53 Å². The molecule has 0 saturated carbocycles. The zero-order valence-corrected chi connectivity index (χ0v) is 14.9. The molecule has 0 bridgehead atoms. The van der Waals surface area contributed by atoms with E-state index in [4.69, 9.17) is 16.3 Å². The molecule has 1 amide bonds. The van der Waals surface area contributed by atoms with Crippen LogP contribution in [0.5, 0.6) is 0 Å². The van der Waals surface area contributed by atoms with Gasteiger partial charge in [-0.05, 0) is 63.5 Å². The molecule has 1 saturated heterocycles. The van der Waals surface area contributed by atoms with Crippen LogP contribution in [0, 0.1) is 0 Å². The summed E-state index contributed by atoms with van der Waals surface area (Å²) in [5.41, 5.74) is 1.71. The second-order valence-electron chi connectivity index (χ2n) is 6.82. The number of ether oxygens (including phenoxy) is 1. The van der Waals surface area contributed by atoms with E-state index in [2.05, 4.69) is 18.7 Å².